The van der Waals surface area contributed by atoms with Crippen molar-refractivity contribution < 1.29 is 18.3 Å². The molecule has 1 aromatic rings. The lowest BCUT2D eigenvalue weighted by Crippen LogP contribution is -2.29. The normalized spacial score (nSPS) is 11.3. The Hall–Kier alpha value is -1.12. The monoisotopic (exact) mass is 350 g/mol. The zero-order chi connectivity index (χ0) is 14.5. The quantitative estimate of drug-likeness (QED) is 0.692. The summed E-state index contributed by atoms with van der Waals surface area (Å²) in [5.74, 6) is -1.19. The molecule has 8 heteroatoms. The first-order chi connectivity index (χ1) is 8.85. The first-order valence-electron chi connectivity index (χ1n) is 5.60. The lowest BCUT2D eigenvalue weighted by molar-refractivity contribution is 0.0698. The highest BCUT2D eigenvalue weighted by Crippen LogP contribution is 2.20. The largest absolute Gasteiger partial charge is 0.478 e. The Bertz CT molecular complexity index is 560. The molecule has 0 amide bonds. The van der Waals surface area contributed by atoms with Gasteiger partial charge in [-0.25, -0.2) is 17.9 Å². The van der Waals surface area contributed by atoms with Crippen LogP contribution in [-0.4, -0.2) is 38.3 Å². The van der Waals surface area contributed by atoms with E-state index in [1.54, 1.807) is 19.1 Å². The lowest BCUT2D eigenvalue weighted by Gasteiger charge is -2.10. The van der Waals surface area contributed by atoms with E-state index >= 15 is 0 Å². The van der Waals surface area contributed by atoms with Gasteiger partial charge in [-0.05, 0) is 18.2 Å². The van der Waals surface area contributed by atoms with Gasteiger partial charge in [-0.1, -0.05) is 22.9 Å². The van der Waals surface area contributed by atoms with E-state index in [9.17, 15) is 13.2 Å². The highest BCUT2D eigenvalue weighted by molar-refractivity contribution is 9.10. The van der Waals surface area contributed by atoms with Crippen LogP contribution >= 0.6 is 15.9 Å². The van der Waals surface area contributed by atoms with E-state index in [1.807, 2.05) is 0 Å². The summed E-state index contributed by atoms with van der Waals surface area (Å²) in [6.45, 7) is 2.17. The fourth-order valence-electron chi connectivity index (χ4n) is 1.46. The zero-order valence-electron chi connectivity index (χ0n) is 10.3. The van der Waals surface area contributed by atoms with Gasteiger partial charge in [0.1, 0.15) is 0 Å². The predicted molar refractivity (Wildman–Crippen MR) is 77.1 cm³/mol. The number of hydrogen-bond acceptors (Lipinski definition) is 4. The van der Waals surface area contributed by atoms with E-state index in [2.05, 4.69) is 26.0 Å². The molecule has 0 bridgehead atoms. The molecule has 0 radical (unpaired) electrons. The Morgan fingerprint density at radius 2 is 2.11 bits per heavy atom. The molecule has 0 saturated carbocycles. The smallest absolute Gasteiger partial charge is 0.337 e. The third-order valence-electron chi connectivity index (χ3n) is 2.26. The van der Waals surface area contributed by atoms with E-state index in [0.717, 1.165) is 0 Å². The van der Waals surface area contributed by atoms with Gasteiger partial charge in [-0.15, -0.1) is 0 Å². The molecule has 1 rings (SSSR count). The van der Waals surface area contributed by atoms with Crippen molar-refractivity contribution in [1.29, 1.82) is 0 Å². The summed E-state index contributed by atoms with van der Waals surface area (Å²) in [5.41, 5.74) is 0.484. The maximum Gasteiger partial charge on any atom is 0.337 e. The fourth-order valence-corrected chi connectivity index (χ4v) is 2.78. The van der Waals surface area contributed by atoms with Crippen LogP contribution in [0.15, 0.2) is 22.7 Å². The molecular formula is C11H15BrN2O4S. The molecule has 0 fully saturated rings. The van der Waals surface area contributed by atoms with Gasteiger partial charge in [-0.3, -0.25) is 0 Å². The summed E-state index contributed by atoms with van der Waals surface area (Å²) in [6.07, 6.45) is 0. The second kappa shape index (κ2) is 6.88. The van der Waals surface area contributed by atoms with Crippen molar-refractivity contribution in [3.63, 3.8) is 0 Å². The van der Waals surface area contributed by atoms with Crippen LogP contribution in [0, 0.1) is 0 Å². The average molecular weight is 351 g/mol. The van der Waals surface area contributed by atoms with Gasteiger partial charge in [0.25, 0.3) is 0 Å². The first-order valence-corrected chi connectivity index (χ1v) is 8.04. The van der Waals surface area contributed by atoms with Crippen molar-refractivity contribution in [3.05, 3.63) is 28.2 Å². The number of carboxylic acid groups (broad SMARTS) is 1. The SMILES string of the molecule is CCNS(=O)(=O)CCNc1ccc(Br)cc1C(=O)O. The number of halogens is 1. The summed E-state index contributed by atoms with van der Waals surface area (Å²) < 4.78 is 25.8. The van der Waals surface area contributed by atoms with Crippen molar-refractivity contribution in [3.8, 4) is 0 Å². The summed E-state index contributed by atoms with van der Waals surface area (Å²) in [7, 11) is -3.31. The summed E-state index contributed by atoms with van der Waals surface area (Å²) >= 11 is 3.19. The minimum atomic E-state index is -3.31. The Morgan fingerprint density at radius 1 is 1.42 bits per heavy atom. The minimum Gasteiger partial charge on any atom is -0.478 e. The lowest BCUT2D eigenvalue weighted by atomic mass is 10.2. The molecule has 0 saturated heterocycles. The molecule has 19 heavy (non-hydrogen) atoms. The third kappa shape index (κ3) is 5.17. The Morgan fingerprint density at radius 3 is 2.68 bits per heavy atom. The van der Waals surface area contributed by atoms with Crippen molar-refractivity contribution in [2.75, 3.05) is 24.2 Å². The van der Waals surface area contributed by atoms with Crippen LogP contribution in [0.4, 0.5) is 5.69 Å². The van der Waals surface area contributed by atoms with E-state index in [1.165, 1.54) is 6.07 Å². The molecular weight excluding hydrogens is 336 g/mol. The Labute approximate surface area is 120 Å². The predicted octanol–water partition coefficient (Wildman–Crippen LogP) is 1.50. The van der Waals surface area contributed by atoms with Crippen molar-refractivity contribution in [2.45, 2.75) is 6.92 Å². The summed E-state index contributed by atoms with van der Waals surface area (Å²) in [5, 5.41) is 11.9. The molecule has 6 nitrogen and oxygen atoms in total. The van der Waals surface area contributed by atoms with Gasteiger partial charge in [0, 0.05) is 23.2 Å². The van der Waals surface area contributed by atoms with Gasteiger partial charge in [0.15, 0.2) is 0 Å². The molecule has 0 unspecified atom stereocenters. The Kier molecular flexibility index (Phi) is 5.77. The summed E-state index contributed by atoms with van der Waals surface area (Å²) in [4.78, 5) is 11.0. The van der Waals surface area contributed by atoms with Crippen LogP contribution < -0.4 is 10.0 Å². The minimum absolute atomic E-state index is 0.0928. The average Bonchev–Trinajstić information content (AvgIpc) is 2.30. The van der Waals surface area contributed by atoms with Crippen molar-refractivity contribution in [2.24, 2.45) is 0 Å². The second-order valence-corrected chi connectivity index (χ2v) is 6.58. The fraction of sp³-hybridized carbons (Fsp3) is 0.364. The highest BCUT2D eigenvalue weighted by Gasteiger charge is 2.12. The number of nitrogens with one attached hydrogen (secondary N) is 2. The molecule has 0 aromatic heterocycles. The first kappa shape index (κ1) is 15.9. The van der Waals surface area contributed by atoms with Crippen LogP contribution in [0.25, 0.3) is 0 Å². The van der Waals surface area contributed by atoms with E-state index in [-0.39, 0.29) is 17.9 Å². The summed E-state index contributed by atoms with van der Waals surface area (Å²) in [6, 6.07) is 4.74. The molecule has 0 atom stereocenters. The van der Waals surface area contributed by atoms with Gasteiger partial charge >= 0.3 is 5.97 Å². The third-order valence-corrected chi connectivity index (χ3v) is 4.23. The number of carboxylic acids is 1. The van der Waals surface area contributed by atoms with Crippen LogP contribution in [0.5, 0.6) is 0 Å². The number of sulfonamides is 1. The van der Waals surface area contributed by atoms with Gasteiger partial charge in [0.2, 0.25) is 10.0 Å². The number of hydrogen-bond donors (Lipinski definition) is 3. The number of anilines is 1. The molecule has 0 aliphatic heterocycles. The molecule has 1 aromatic carbocycles. The van der Waals surface area contributed by atoms with Gasteiger partial charge in [-0.2, -0.15) is 0 Å². The molecule has 0 heterocycles. The zero-order valence-corrected chi connectivity index (χ0v) is 12.7. The van der Waals surface area contributed by atoms with E-state index in [0.29, 0.717) is 16.7 Å². The number of carbonyl (C=O) groups is 1. The molecule has 0 aliphatic rings. The maximum atomic E-state index is 11.4. The molecule has 106 valence electrons. The number of aromatic carboxylic acids is 1. The molecule has 0 spiro atoms. The van der Waals surface area contributed by atoms with Gasteiger partial charge in [0.05, 0.1) is 11.3 Å². The molecule has 0 aliphatic carbocycles. The van der Waals surface area contributed by atoms with Crippen LogP contribution in [0.1, 0.15) is 17.3 Å². The van der Waals surface area contributed by atoms with Crippen LogP contribution in [-0.2, 0) is 10.0 Å². The van der Waals surface area contributed by atoms with Crippen molar-refractivity contribution >= 4 is 37.6 Å². The van der Waals surface area contributed by atoms with Gasteiger partial charge < -0.3 is 10.4 Å². The van der Waals surface area contributed by atoms with E-state index < -0.39 is 16.0 Å². The topological polar surface area (TPSA) is 95.5 Å². The standard InChI is InChI=1S/C11H15BrN2O4S/c1-2-14-19(17,18)6-5-13-10-4-3-8(12)7-9(10)11(15)16/h3-4,7,13-14H,2,5-6H2,1H3,(H,15,16). The van der Waals surface area contributed by atoms with E-state index in [4.69, 9.17) is 5.11 Å². The van der Waals surface area contributed by atoms with Crippen molar-refractivity contribution in [1.82, 2.24) is 4.72 Å². The van der Waals surface area contributed by atoms with Crippen LogP contribution in [0.2, 0.25) is 0 Å². The number of benzene rings is 1. The molecule has 3 N–H and O–H groups in total. The van der Waals surface area contributed by atoms with Crippen LogP contribution in [0.3, 0.4) is 0 Å². The maximum absolute atomic E-state index is 11.4. The highest BCUT2D eigenvalue weighted by atomic mass is 79.9. The number of rotatable bonds is 7. The second-order valence-electron chi connectivity index (χ2n) is 3.74. The Balaban J connectivity index is 2.71.